The van der Waals surface area contributed by atoms with E-state index in [-0.39, 0.29) is 17.0 Å². The summed E-state index contributed by atoms with van der Waals surface area (Å²) in [7, 11) is 0. The van der Waals surface area contributed by atoms with Crippen LogP contribution in [0, 0.1) is 12.7 Å². The molecule has 0 aromatic carbocycles. The lowest BCUT2D eigenvalue weighted by Crippen LogP contribution is -2.71. The number of anilines is 1. The lowest BCUT2D eigenvalue weighted by molar-refractivity contribution is -0.265. The number of alkyl halides is 6. The number of hydrogen-bond donors (Lipinski definition) is 2. The van der Waals surface area contributed by atoms with E-state index in [0.717, 1.165) is 16.8 Å². The van der Waals surface area contributed by atoms with Gasteiger partial charge >= 0.3 is 6.18 Å². The van der Waals surface area contributed by atoms with E-state index in [1.807, 2.05) is 0 Å². The molecule has 194 valence electrons. The maximum Gasteiger partial charge on any atom is 0.416 e. The SMILES string of the molecule is Cc1c(C(=O)C(=O)NC2(C(F)(F)F)COC2)c2n(c1C(=O)Nc1ccnc(C(F)F)c1F)C[C@H](F)C2. The number of amides is 2. The van der Waals surface area contributed by atoms with Gasteiger partial charge in [-0.15, -0.1) is 0 Å². The van der Waals surface area contributed by atoms with Crippen LogP contribution in [0.4, 0.5) is 36.4 Å². The number of nitrogens with zero attached hydrogens (tertiary/aromatic N) is 2. The average Bonchev–Trinajstić information content (AvgIpc) is 3.23. The van der Waals surface area contributed by atoms with Crippen LogP contribution in [-0.4, -0.2) is 58.2 Å². The number of ketones is 1. The Bertz CT molecular complexity index is 1250. The molecule has 1 saturated heterocycles. The summed E-state index contributed by atoms with van der Waals surface area (Å²) >= 11 is 0. The van der Waals surface area contributed by atoms with E-state index in [0.29, 0.717) is 0 Å². The number of pyridine rings is 1. The molecule has 2 aromatic heterocycles. The zero-order valence-electron chi connectivity index (χ0n) is 18.3. The number of halogens is 7. The fourth-order valence-corrected chi connectivity index (χ4v) is 4.18. The van der Waals surface area contributed by atoms with Gasteiger partial charge in [0, 0.05) is 18.3 Å². The topological polar surface area (TPSA) is 102 Å². The van der Waals surface area contributed by atoms with E-state index in [1.54, 1.807) is 5.32 Å². The van der Waals surface area contributed by atoms with Gasteiger partial charge in [-0.25, -0.2) is 17.6 Å². The molecule has 0 spiro atoms. The third-order valence-electron chi connectivity index (χ3n) is 6.02. The van der Waals surface area contributed by atoms with E-state index >= 15 is 0 Å². The largest absolute Gasteiger partial charge is 0.416 e. The number of rotatable bonds is 6. The van der Waals surface area contributed by atoms with Gasteiger partial charge in [-0.1, -0.05) is 0 Å². The zero-order chi connectivity index (χ0) is 26.6. The minimum atomic E-state index is -4.92. The normalized spacial score (nSPS) is 18.5. The van der Waals surface area contributed by atoms with Crippen molar-refractivity contribution >= 4 is 23.3 Å². The molecule has 0 radical (unpaired) electrons. The number of fused-ring (bicyclic) bond motifs is 1. The smallest absolute Gasteiger partial charge is 0.376 e. The zero-order valence-corrected chi connectivity index (χ0v) is 18.3. The average molecular weight is 522 g/mol. The van der Waals surface area contributed by atoms with Crippen molar-refractivity contribution in [2.75, 3.05) is 18.5 Å². The highest BCUT2D eigenvalue weighted by Crippen LogP contribution is 2.37. The molecule has 2 amide bonds. The second kappa shape index (κ2) is 8.87. The number of Topliss-reactive ketones (excluding diaryl/α,β-unsaturated/α-hetero) is 1. The summed E-state index contributed by atoms with van der Waals surface area (Å²) in [5.74, 6) is -5.70. The van der Waals surface area contributed by atoms with Crippen LogP contribution in [0.15, 0.2) is 12.3 Å². The Morgan fingerprint density at radius 1 is 1.25 bits per heavy atom. The van der Waals surface area contributed by atoms with Crippen LogP contribution in [0.2, 0.25) is 0 Å². The Morgan fingerprint density at radius 3 is 2.47 bits per heavy atom. The lowest BCUT2D eigenvalue weighted by Gasteiger charge is -2.42. The number of hydrogen-bond acceptors (Lipinski definition) is 5. The predicted molar refractivity (Wildman–Crippen MR) is 107 cm³/mol. The molecule has 4 heterocycles. The van der Waals surface area contributed by atoms with Crippen molar-refractivity contribution in [2.45, 2.75) is 44.2 Å². The van der Waals surface area contributed by atoms with Gasteiger partial charge in [0.15, 0.2) is 11.4 Å². The monoisotopic (exact) mass is 522 g/mol. The first kappa shape index (κ1) is 25.6. The van der Waals surface area contributed by atoms with Gasteiger partial charge in [0.1, 0.15) is 17.6 Å². The Kier molecular flexibility index (Phi) is 6.31. The van der Waals surface area contributed by atoms with Crippen molar-refractivity contribution in [2.24, 2.45) is 0 Å². The molecule has 0 saturated carbocycles. The van der Waals surface area contributed by atoms with Crippen LogP contribution >= 0.6 is 0 Å². The molecule has 0 aliphatic carbocycles. The van der Waals surface area contributed by atoms with Crippen LogP contribution in [0.25, 0.3) is 0 Å². The molecule has 0 bridgehead atoms. The highest BCUT2D eigenvalue weighted by Gasteiger charge is 2.61. The maximum atomic E-state index is 14.3. The summed E-state index contributed by atoms with van der Waals surface area (Å²) in [5.41, 5.74) is -5.80. The van der Waals surface area contributed by atoms with Crippen molar-refractivity contribution in [1.82, 2.24) is 14.9 Å². The first-order valence-corrected chi connectivity index (χ1v) is 10.4. The number of nitrogens with one attached hydrogen (secondary N) is 2. The van der Waals surface area contributed by atoms with Gasteiger partial charge < -0.3 is 19.9 Å². The molecular formula is C21H17F7N4O4. The van der Waals surface area contributed by atoms with Crippen LogP contribution in [0.3, 0.4) is 0 Å². The molecule has 2 N–H and O–H groups in total. The van der Waals surface area contributed by atoms with Crippen molar-refractivity contribution < 1.29 is 49.9 Å². The standard InChI is InChI=1S/C21H17F7N4O4/c1-8-12(16(33)19(35)31-20(6-36-7-20)21(26,27)28)11-4-9(22)5-32(11)15(8)18(34)30-10-2-3-29-14(13(10)23)17(24)25/h2-3,9,17H,4-7H2,1H3,(H,31,35)(H,29,30,34)/t9-/m1/s1. The first-order valence-electron chi connectivity index (χ1n) is 10.4. The van der Waals surface area contributed by atoms with E-state index in [1.165, 1.54) is 6.92 Å². The molecular weight excluding hydrogens is 505 g/mol. The van der Waals surface area contributed by atoms with Crippen molar-refractivity contribution in [3.63, 3.8) is 0 Å². The second-order valence-corrected chi connectivity index (χ2v) is 8.38. The van der Waals surface area contributed by atoms with Gasteiger partial charge in [0.25, 0.3) is 24.0 Å². The molecule has 8 nitrogen and oxygen atoms in total. The highest BCUT2D eigenvalue weighted by atomic mass is 19.4. The van der Waals surface area contributed by atoms with Gasteiger partial charge in [-0.2, -0.15) is 13.2 Å². The summed E-state index contributed by atoms with van der Waals surface area (Å²) in [6.45, 7) is -1.04. The highest BCUT2D eigenvalue weighted by molar-refractivity contribution is 6.44. The molecule has 1 fully saturated rings. The quantitative estimate of drug-likeness (QED) is 0.345. The summed E-state index contributed by atoms with van der Waals surface area (Å²) in [6.07, 6.45) is -9.38. The Labute approximate surface area is 197 Å². The molecule has 2 aromatic rings. The minimum absolute atomic E-state index is 0.111. The first-order chi connectivity index (χ1) is 16.8. The van der Waals surface area contributed by atoms with Gasteiger partial charge in [-0.05, 0) is 18.6 Å². The summed E-state index contributed by atoms with van der Waals surface area (Å²) in [5, 5.41) is 3.69. The molecule has 4 rings (SSSR count). The fourth-order valence-electron chi connectivity index (χ4n) is 4.18. The van der Waals surface area contributed by atoms with Gasteiger partial charge in [0.05, 0.1) is 31.0 Å². The molecule has 36 heavy (non-hydrogen) atoms. The van der Waals surface area contributed by atoms with Gasteiger partial charge in [0.2, 0.25) is 0 Å². The number of ether oxygens (including phenoxy) is 1. The van der Waals surface area contributed by atoms with Crippen molar-refractivity contribution in [1.29, 1.82) is 0 Å². The summed E-state index contributed by atoms with van der Waals surface area (Å²) in [4.78, 5) is 41.6. The van der Waals surface area contributed by atoms with E-state index in [9.17, 15) is 45.1 Å². The molecule has 15 heteroatoms. The molecule has 2 aliphatic rings. The maximum absolute atomic E-state index is 14.3. The van der Waals surface area contributed by atoms with Crippen molar-refractivity contribution in [3.8, 4) is 0 Å². The molecule has 1 atom stereocenters. The van der Waals surface area contributed by atoms with Crippen LogP contribution < -0.4 is 10.6 Å². The number of aromatic nitrogens is 2. The summed E-state index contributed by atoms with van der Waals surface area (Å²) in [6, 6.07) is 0.900. The Balaban J connectivity index is 1.67. The lowest BCUT2D eigenvalue weighted by atomic mass is 9.95. The van der Waals surface area contributed by atoms with E-state index in [4.69, 9.17) is 0 Å². The molecule has 0 unspecified atom stereocenters. The third kappa shape index (κ3) is 4.10. The van der Waals surface area contributed by atoms with Crippen LogP contribution in [0.1, 0.15) is 44.2 Å². The fraction of sp³-hybridized carbons (Fsp3) is 0.429. The van der Waals surface area contributed by atoms with E-state index < -0.39 is 90.9 Å². The predicted octanol–water partition coefficient (Wildman–Crippen LogP) is 3.04. The van der Waals surface area contributed by atoms with Crippen LogP contribution in [-0.2, 0) is 22.5 Å². The van der Waals surface area contributed by atoms with Gasteiger partial charge in [-0.3, -0.25) is 19.4 Å². The third-order valence-corrected chi connectivity index (χ3v) is 6.02. The van der Waals surface area contributed by atoms with E-state index in [2.05, 4.69) is 15.0 Å². The number of carbonyl (C=O) groups excluding carboxylic acids is 3. The Morgan fingerprint density at radius 2 is 1.92 bits per heavy atom. The van der Waals surface area contributed by atoms with Crippen molar-refractivity contribution in [3.05, 3.63) is 46.3 Å². The molecule has 2 aliphatic heterocycles. The Hall–Kier alpha value is -3.49. The minimum Gasteiger partial charge on any atom is -0.376 e. The second-order valence-electron chi connectivity index (χ2n) is 8.38. The van der Waals surface area contributed by atoms with Crippen LogP contribution in [0.5, 0.6) is 0 Å². The summed E-state index contributed by atoms with van der Waals surface area (Å²) < 4.78 is 100. The number of carbonyl (C=O) groups is 3.